The van der Waals surface area contributed by atoms with Crippen LogP contribution >= 0.6 is 0 Å². The lowest BCUT2D eigenvalue weighted by Crippen LogP contribution is -2.19. The Morgan fingerprint density at radius 3 is 2.28 bits per heavy atom. The van der Waals surface area contributed by atoms with Crippen LogP contribution in [0, 0.1) is 6.92 Å². The topological polar surface area (TPSA) is 93.1 Å². The molecular weight excluding hydrogens is 330 g/mol. The highest BCUT2D eigenvalue weighted by atomic mass is 16.6. The molecule has 25 heavy (non-hydrogen) atoms. The van der Waals surface area contributed by atoms with Gasteiger partial charge < -0.3 is 23.5 Å². The van der Waals surface area contributed by atoms with E-state index in [1.54, 1.807) is 12.1 Å². The molecule has 0 aliphatic rings. The number of carbonyl (C=O) groups is 3. The van der Waals surface area contributed by atoms with E-state index in [-0.39, 0.29) is 24.6 Å². The van der Waals surface area contributed by atoms with Gasteiger partial charge in [0.25, 0.3) is 0 Å². The van der Waals surface area contributed by atoms with E-state index in [1.165, 1.54) is 25.9 Å². The van der Waals surface area contributed by atoms with Crippen molar-refractivity contribution in [3.05, 3.63) is 29.5 Å². The molecule has 0 N–H and O–H groups in total. The molecule has 0 spiro atoms. The standard InChI is InChI=1S/C17H19NO7/c1-10-6-5-7-11-14(10)16(25-9-13(20)23-3)15(17(21)24-4)18(11)8-12(19)22-2/h5-7H,8-9H2,1-4H3. The Kier molecular flexibility index (Phi) is 5.63. The number of esters is 3. The van der Waals surface area contributed by atoms with E-state index in [2.05, 4.69) is 4.74 Å². The predicted octanol–water partition coefficient (Wildman–Crippen LogP) is 1.46. The summed E-state index contributed by atoms with van der Waals surface area (Å²) in [5, 5.41) is 0.607. The van der Waals surface area contributed by atoms with Crippen LogP contribution in [0.25, 0.3) is 10.9 Å². The largest absolute Gasteiger partial charge is 0.479 e. The molecule has 8 nitrogen and oxygen atoms in total. The molecule has 0 aliphatic heterocycles. The summed E-state index contributed by atoms with van der Waals surface area (Å²) in [5.41, 5.74) is 1.43. The number of methoxy groups -OCH3 is 3. The third-order valence-electron chi connectivity index (χ3n) is 3.71. The molecule has 0 amide bonds. The minimum Gasteiger partial charge on any atom is -0.479 e. The zero-order chi connectivity index (χ0) is 18.6. The van der Waals surface area contributed by atoms with Gasteiger partial charge in [0, 0.05) is 5.39 Å². The molecule has 0 aliphatic carbocycles. The molecule has 0 atom stereocenters. The number of nitrogens with zero attached hydrogens (tertiary/aromatic N) is 1. The molecule has 0 bridgehead atoms. The molecule has 8 heteroatoms. The quantitative estimate of drug-likeness (QED) is 0.576. The summed E-state index contributed by atoms with van der Waals surface area (Å²) in [5.74, 6) is -1.67. The number of ether oxygens (including phenoxy) is 4. The first-order valence-corrected chi connectivity index (χ1v) is 7.41. The summed E-state index contributed by atoms with van der Waals surface area (Å²) in [7, 11) is 3.71. The van der Waals surface area contributed by atoms with Crippen molar-refractivity contribution in [3.8, 4) is 5.75 Å². The Bertz CT molecular complexity index is 822. The SMILES string of the molecule is COC(=O)COc1c(C(=O)OC)n(CC(=O)OC)c2cccc(C)c12. The normalized spacial score (nSPS) is 10.4. The van der Waals surface area contributed by atoms with Crippen LogP contribution < -0.4 is 4.74 Å². The first kappa shape index (κ1) is 18.3. The number of fused-ring (bicyclic) bond motifs is 1. The van der Waals surface area contributed by atoms with Gasteiger partial charge in [-0.3, -0.25) is 4.79 Å². The second-order valence-corrected chi connectivity index (χ2v) is 5.17. The molecule has 1 aromatic carbocycles. The van der Waals surface area contributed by atoms with Gasteiger partial charge in [-0.25, -0.2) is 9.59 Å². The Morgan fingerprint density at radius 2 is 1.68 bits per heavy atom. The maximum absolute atomic E-state index is 12.3. The highest BCUT2D eigenvalue weighted by molar-refractivity contribution is 6.03. The van der Waals surface area contributed by atoms with Gasteiger partial charge in [0.2, 0.25) is 0 Å². The van der Waals surface area contributed by atoms with Gasteiger partial charge in [0.15, 0.2) is 18.1 Å². The van der Waals surface area contributed by atoms with E-state index in [0.717, 1.165) is 5.56 Å². The van der Waals surface area contributed by atoms with Gasteiger partial charge in [0.1, 0.15) is 6.54 Å². The van der Waals surface area contributed by atoms with Crippen molar-refractivity contribution >= 4 is 28.8 Å². The number of hydrogen-bond acceptors (Lipinski definition) is 7. The number of aryl methyl sites for hydroxylation is 1. The van der Waals surface area contributed by atoms with Crippen molar-refractivity contribution in [1.82, 2.24) is 4.57 Å². The maximum Gasteiger partial charge on any atom is 0.358 e. The van der Waals surface area contributed by atoms with Crippen LogP contribution in [0.2, 0.25) is 0 Å². The van der Waals surface area contributed by atoms with E-state index in [1.807, 2.05) is 13.0 Å². The molecule has 0 saturated carbocycles. The second kappa shape index (κ2) is 7.69. The fourth-order valence-corrected chi connectivity index (χ4v) is 2.52. The molecule has 2 aromatic rings. The van der Waals surface area contributed by atoms with Crippen LogP contribution in [0.5, 0.6) is 5.75 Å². The van der Waals surface area contributed by atoms with Crippen LogP contribution in [-0.2, 0) is 30.3 Å². The number of benzene rings is 1. The number of hydrogen-bond donors (Lipinski definition) is 0. The first-order chi connectivity index (χ1) is 11.9. The van der Waals surface area contributed by atoms with Crippen molar-refractivity contribution in [2.75, 3.05) is 27.9 Å². The van der Waals surface area contributed by atoms with Gasteiger partial charge in [-0.1, -0.05) is 12.1 Å². The van der Waals surface area contributed by atoms with Gasteiger partial charge >= 0.3 is 17.9 Å². The molecule has 2 rings (SSSR count). The highest BCUT2D eigenvalue weighted by Gasteiger charge is 2.27. The van der Waals surface area contributed by atoms with Crippen LogP contribution in [0.3, 0.4) is 0 Å². The fourth-order valence-electron chi connectivity index (χ4n) is 2.52. The Labute approximate surface area is 144 Å². The summed E-state index contributed by atoms with van der Waals surface area (Å²) in [6, 6.07) is 5.36. The van der Waals surface area contributed by atoms with Crippen molar-refractivity contribution in [1.29, 1.82) is 0 Å². The highest BCUT2D eigenvalue weighted by Crippen LogP contribution is 2.36. The molecule has 134 valence electrons. The minimum atomic E-state index is -0.695. The van der Waals surface area contributed by atoms with E-state index < -0.39 is 17.9 Å². The van der Waals surface area contributed by atoms with E-state index >= 15 is 0 Å². The van der Waals surface area contributed by atoms with Crippen LogP contribution in [0.1, 0.15) is 16.1 Å². The lowest BCUT2D eigenvalue weighted by Gasteiger charge is -2.09. The van der Waals surface area contributed by atoms with Gasteiger partial charge in [0.05, 0.1) is 26.8 Å². The lowest BCUT2D eigenvalue weighted by molar-refractivity contribution is -0.143. The minimum absolute atomic E-state index is 0.0288. The summed E-state index contributed by atoms with van der Waals surface area (Å²) in [4.78, 5) is 35.6. The number of rotatable bonds is 6. The third kappa shape index (κ3) is 3.57. The molecule has 1 aromatic heterocycles. The summed E-state index contributed by atoms with van der Waals surface area (Å²) < 4.78 is 21.1. The number of carbonyl (C=O) groups excluding carboxylic acids is 3. The van der Waals surface area contributed by atoms with Crippen LogP contribution in [-0.4, -0.2) is 50.4 Å². The van der Waals surface area contributed by atoms with Crippen LogP contribution in [0.15, 0.2) is 18.2 Å². The van der Waals surface area contributed by atoms with Crippen molar-refractivity contribution < 1.29 is 33.3 Å². The Morgan fingerprint density at radius 1 is 1.00 bits per heavy atom. The fraction of sp³-hybridized carbons (Fsp3) is 0.353. The predicted molar refractivity (Wildman–Crippen MR) is 87.5 cm³/mol. The second-order valence-electron chi connectivity index (χ2n) is 5.17. The molecule has 1 heterocycles. The molecule has 0 radical (unpaired) electrons. The van der Waals surface area contributed by atoms with Gasteiger partial charge in [-0.2, -0.15) is 0 Å². The Hall–Kier alpha value is -3.03. The number of aromatic nitrogens is 1. The van der Waals surface area contributed by atoms with Crippen LogP contribution in [0.4, 0.5) is 0 Å². The average Bonchev–Trinajstić information content (AvgIpc) is 2.93. The van der Waals surface area contributed by atoms with Gasteiger partial charge in [-0.05, 0) is 18.6 Å². The zero-order valence-electron chi connectivity index (χ0n) is 14.5. The van der Waals surface area contributed by atoms with E-state index in [0.29, 0.717) is 10.9 Å². The van der Waals surface area contributed by atoms with E-state index in [9.17, 15) is 14.4 Å². The lowest BCUT2D eigenvalue weighted by atomic mass is 10.1. The molecular formula is C17H19NO7. The summed E-state index contributed by atoms with van der Waals surface area (Å²) in [6.07, 6.45) is 0. The molecule has 0 unspecified atom stereocenters. The summed E-state index contributed by atoms with van der Waals surface area (Å²) in [6.45, 7) is 1.24. The maximum atomic E-state index is 12.3. The van der Waals surface area contributed by atoms with Crippen molar-refractivity contribution in [3.63, 3.8) is 0 Å². The van der Waals surface area contributed by atoms with Crippen molar-refractivity contribution in [2.24, 2.45) is 0 Å². The molecule has 0 fully saturated rings. The van der Waals surface area contributed by atoms with Crippen molar-refractivity contribution in [2.45, 2.75) is 13.5 Å². The monoisotopic (exact) mass is 349 g/mol. The zero-order valence-corrected chi connectivity index (χ0v) is 14.5. The smallest absolute Gasteiger partial charge is 0.358 e. The molecule has 0 saturated heterocycles. The average molecular weight is 349 g/mol. The van der Waals surface area contributed by atoms with E-state index in [4.69, 9.17) is 14.2 Å². The summed E-state index contributed by atoms with van der Waals surface area (Å²) >= 11 is 0. The van der Waals surface area contributed by atoms with Gasteiger partial charge in [-0.15, -0.1) is 0 Å². The first-order valence-electron chi connectivity index (χ1n) is 7.41. The third-order valence-corrected chi connectivity index (χ3v) is 3.71. The Balaban J connectivity index is 2.71.